The Morgan fingerprint density at radius 2 is 1.91 bits per heavy atom. The van der Waals surface area contributed by atoms with E-state index in [4.69, 9.17) is 10.3 Å². The molecule has 1 aromatic carbocycles. The first kappa shape index (κ1) is 16.9. The second kappa shape index (κ2) is 6.74. The maximum Gasteiger partial charge on any atom is 0.413 e. The number of ether oxygens (including phenoxy) is 1. The molecule has 1 aromatic rings. The Balaban J connectivity index is 2.61. The molecule has 120 valence electrons. The summed E-state index contributed by atoms with van der Waals surface area (Å²) in [5.74, 6) is 0.206. The van der Waals surface area contributed by atoms with Gasteiger partial charge < -0.3 is 10.3 Å². The molecule has 23 heavy (non-hydrogen) atoms. The van der Waals surface area contributed by atoms with Gasteiger partial charge in [0.25, 0.3) is 9.84 Å². The summed E-state index contributed by atoms with van der Waals surface area (Å²) in [6, 6.07) is 7.72. The van der Waals surface area contributed by atoms with E-state index in [1.54, 1.807) is 18.2 Å². The molecule has 1 aliphatic carbocycles. The third-order valence-electron chi connectivity index (χ3n) is 3.14. The van der Waals surface area contributed by atoms with Crippen LogP contribution in [0.5, 0.6) is 0 Å². The van der Waals surface area contributed by atoms with Crippen LogP contribution in [0.4, 0.5) is 0 Å². The van der Waals surface area contributed by atoms with E-state index in [2.05, 4.69) is 4.79 Å². The zero-order chi connectivity index (χ0) is 17.0. The fourth-order valence-corrected chi connectivity index (χ4v) is 4.63. The third-order valence-corrected chi connectivity index (χ3v) is 5.99. The zero-order valence-electron chi connectivity index (χ0n) is 11.9. The minimum absolute atomic E-state index is 0.154. The van der Waals surface area contributed by atoms with Crippen LogP contribution < -0.4 is 0 Å². The maximum absolute atomic E-state index is 12.7. The highest BCUT2D eigenvalue weighted by molar-refractivity contribution is 8.08. The number of benzene rings is 1. The van der Waals surface area contributed by atoms with Gasteiger partial charge in [0.1, 0.15) is 11.0 Å². The van der Waals surface area contributed by atoms with Crippen LogP contribution in [0, 0.1) is 0 Å². The van der Waals surface area contributed by atoms with Gasteiger partial charge in [-0.2, -0.15) is 13.2 Å². The van der Waals surface area contributed by atoms with Crippen LogP contribution in [-0.2, 0) is 24.9 Å². The lowest BCUT2D eigenvalue weighted by molar-refractivity contribution is 0.000598. The highest BCUT2D eigenvalue weighted by atomic mass is 32.2. The van der Waals surface area contributed by atoms with E-state index in [0.29, 0.717) is 0 Å². The molecule has 2 rings (SSSR count). The summed E-state index contributed by atoms with van der Waals surface area (Å²) >= 11 is 0. The van der Waals surface area contributed by atoms with Gasteiger partial charge >= 0.3 is 5.04 Å². The van der Waals surface area contributed by atoms with E-state index >= 15 is 0 Å². The Bertz CT molecular complexity index is 959. The summed E-state index contributed by atoms with van der Waals surface area (Å²) in [7, 11) is -5.72. The van der Waals surface area contributed by atoms with Crippen LogP contribution in [-0.4, -0.2) is 43.9 Å². The Hall–Kier alpha value is -2.48. The molecule has 0 saturated heterocycles. The molecule has 9 heteroatoms. The first-order valence-electron chi connectivity index (χ1n) is 6.33. The van der Waals surface area contributed by atoms with Crippen molar-refractivity contribution in [2.45, 2.75) is 5.25 Å². The van der Waals surface area contributed by atoms with Gasteiger partial charge in [0.15, 0.2) is 0 Å². The number of rotatable bonds is 3. The van der Waals surface area contributed by atoms with Crippen LogP contribution in [0.2, 0.25) is 0 Å². The lowest BCUT2D eigenvalue weighted by atomic mass is 10.1. The van der Waals surface area contributed by atoms with Crippen molar-refractivity contribution in [3.63, 3.8) is 0 Å². The van der Waals surface area contributed by atoms with Crippen LogP contribution in [0.3, 0.4) is 0 Å². The average Bonchev–Trinajstić information content (AvgIpc) is 2.55. The van der Waals surface area contributed by atoms with Gasteiger partial charge in [-0.3, -0.25) is 0 Å². The molecule has 0 saturated carbocycles. The summed E-state index contributed by atoms with van der Waals surface area (Å²) in [5.41, 5.74) is 9.30. The molecule has 7 nitrogen and oxygen atoms in total. The van der Waals surface area contributed by atoms with E-state index in [9.17, 15) is 16.8 Å². The molecular formula is C14H12N2O5S2. The van der Waals surface area contributed by atoms with E-state index < -0.39 is 30.4 Å². The number of hydrogen-bond acceptors (Lipinski definition) is 5. The molecule has 0 radical (unpaired) electrons. The Labute approximate surface area is 134 Å². The van der Waals surface area contributed by atoms with Crippen LogP contribution in [0.1, 0.15) is 5.56 Å². The standard InChI is InChI=1S/C14H12N2O5S2/c1-21-11-7-8-13(12(9-11)22(17)18)23(19,20)14(16-15)10-5-3-2-4-6-10/h2-9,13H,1H3. The third kappa shape index (κ3) is 3.31. The second-order valence-corrected chi connectivity index (χ2v) is 7.41. The van der Waals surface area contributed by atoms with Crippen LogP contribution in [0.25, 0.3) is 5.53 Å². The highest BCUT2D eigenvalue weighted by Gasteiger charge is 2.41. The summed E-state index contributed by atoms with van der Waals surface area (Å²) < 4.78 is 53.1. The van der Waals surface area contributed by atoms with Gasteiger partial charge in [0.05, 0.1) is 17.5 Å². The molecule has 0 heterocycles. The van der Waals surface area contributed by atoms with E-state index in [-0.39, 0.29) is 16.2 Å². The molecule has 0 amide bonds. The second-order valence-electron chi connectivity index (χ2n) is 4.48. The topological polar surface area (TPSA) is 114 Å². The first-order valence-corrected chi connectivity index (χ1v) is 8.95. The normalized spacial score (nSPS) is 17.2. The van der Waals surface area contributed by atoms with Crippen molar-refractivity contribution in [1.82, 2.24) is 0 Å². The largest absolute Gasteiger partial charge is 0.497 e. The molecule has 0 aliphatic heterocycles. The summed E-state index contributed by atoms with van der Waals surface area (Å²) in [6.45, 7) is 0. The van der Waals surface area contributed by atoms with Crippen molar-refractivity contribution in [3.05, 3.63) is 65.4 Å². The predicted octanol–water partition coefficient (Wildman–Crippen LogP) is 0.598. The fraction of sp³-hybridized carbons (Fsp3) is 0.143. The smallest absolute Gasteiger partial charge is 0.413 e. The molecule has 0 bridgehead atoms. The first-order chi connectivity index (χ1) is 10.9. The number of allylic oxidation sites excluding steroid dienone is 2. The molecule has 0 N–H and O–H groups in total. The molecule has 1 atom stereocenters. The molecule has 0 fully saturated rings. The lowest BCUT2D eigenvalue weighted by Gasteiger charge is -2.14. The average molecular weight is 352 g/mol. The van der Waals surface area contributed by atoms with Gasteiger partial charge in [-0.05, 0) is 18.2 Å². The Morgan fingerprint density at radius 3 is 2.43 bits per heavy atom. The molecule has 0 aromatic heterocycles. The van der Waals surface area contributed by atoms with Gasteiger partial charge in [-0.25, -0.2) is 8.42 Å². The Morgan fingerprint density at radius 1 is 1.26 bits per heavy atom. The molecule has 0 spiro atoms. The van der Waals surface area contributed by atoms with Gasteiger partial charge in [0, 0.05) is 6.08 Å². The quantitative estimate of drug-likeness (QED) is 0.260. The lowest BCUT2D eigenvalue weighted by Crippen LogP contribution is -2.36. The number of nitrogens with zero attached hydrogens (tertiary/aromatic N) is 2. The van der Waals surface area contributed by atoms with Crippen molar-refractivity contribution in [2.24, 2.45) is 0 Å². The van der Waals surface area contributed by atoms with Gasteiger partial charge in [0.2, 0.25) is 10.3 Å². The molecular weight excluding hydrogens is 340 g/mol. The van der Waals surface area contributed by atoms with Crippen molar-refractivity contribution in [1.29, 1.82) is 0 Å². The monoisotopic (exact) mass is 352 g/mol. The van der Waals surface area contributed by atoms with E-state index in [1.165, 1.54) is 31.4 Å². The van der Waals surface area contributed by atoms with Crippen LogP contribution >= 0.6 is 0 Å². The van der Waals surface area contributed by atoms with Crippen molar-refractivity contribution in [2.75, 3.05) is 7.11 Å². The summed E-state index contributed by atoms with van der Waals surface area (Å²) in [4.78, 5) is 2.48. The fourth-order valence-electron chi connectivity index (χ4n) is 2.05. The van der Waals surface area contributed by atoms with E-state index in [0.717, 1.165) is 6.08 Å². The molecule has 1 unspecified atom stereocenters. The van der Waals surface area contributed by atoms with E-state index in [1.807, 2.05) is 0 Å². The van der Waals surface area contributed by atoms with Crippen molar-refractivity contribution in [3.8, 4) is 0 Å². The number of methoxy groups -OCH3 is 1. The van der Waals surface area contributed by atoms with Crippen molar-refractivity contribution < 1.29 is 26.4 Å². The summed E-state index contributed by atoms with van der Waals surface area (Å²) in [5, 5.41) is -2.10. The minimum Gasteiger partial charge on any atom is -0.497 e. The number of hydrogen-bond donors (Lipinski definition) is 0. The maximum atomic E-state index is 12.7. The number of sulfone groups is 1. The summed E-state index contributed by atoms with van der Waals surface area (Å²) in [6.07, 6.45) is 3.64. The van der Waals surface area contributed by atoms with Gasteiger partial charge in [-0.15, -0.1) is 0 Å². The predicted molar refractivity (Wildman–Crippen MR) is 85.0 cm³/mol. The zero-order valence-corrected chi connectivity index (χ0v) is 13.6. The van der Waals surface area contributed by atoms with Gasteiger partial charge in [-0.1, -0.05) is 24.3 Å². The minimum atomic E-state index is -4.27. The van der Waals surface area contributed by atoms with Crippen LogP contribution in [0.15, 0.2) is 54.3 Å². The van der Waals surface area contributed by atoms with Crippen molar-refractivity contribution >= 4 is 30.0 Å². The Kier molecular flexibility index (Phi) is 4.95. The SMILES string of the molecule is COC1=CC(=S(=O)=O)C(S(=O)(=O)C(=[N+]=[N-])c2ccccc2)C=C1. The molecule has 1 aliphatic rings. The highest BCUT2D eigenvalue weighted by Crippen LogP contribution is 2.19.